The van der Waals surface area contributed by atoms with Crippen LogP contribution in [-0.2, 0) is 20.9 Å². The van der Waals surface area contributed by atoms with E-state index in [2.05, 4.69) is 0 Å². The highest BCUT2D eigenvalue weighted by molar-refractivity contribution is 8.02. The molecule has 2 fully saturated rings. The predicted octanol–water partition coefficient (Wildman–Crippen LogP) is 3.27. The van der Waals surface area contributed by atoms with Gasteiger partial charge in [0.25, 0.3) is 0 Å². The molecule has 9 heteroatoms. The molecule has 214 valence electrons. The molecule has 1 N–H and O–H groups in total. The van der Waals surface area contributed by atoms with Crippen LogP contribution in [0.3, 0.4) is 0 Å². The molecule has 8 nitrogen and oxygen atoms in total. The van der Waals surface area contributed by atoms with Crippen LogP contribution in [0.1, 0.15) is 18.9 Å². The predicted molar refractivity (Wildman–Crippen MR) is 158 cm³/mol. The smallest absolute Gasteiger partial charge is 0.247 e. The summed E-state index contributed by atoms with van der Waals surface area (Å²) >= 11 is 1.57. The molecule has 0 aromatic heterocycles. The molecule has 3 amide bonds. The number of carbonyl (C=O) groups is 3. The summed E-state index contributed by atoms with van der Waals surface area (Å²) in [5.74, 6) is -0.968. The third-order valence-corrected chi connectivity index (χ3v) is 10.2. The minimum atomic E-state index is -0.869. The van der Waals surface area contributed by atoms with Gasteiger partial charge in [-0.25, -0.2) is 0 Å². The van der Waals surface area contributed by atoms with Gasteiger partial charge < -0.3 is 24.5 Å². The number of hydrogen-bond acceptors (Lipinski definition) is 6. The quantitative estimate of drug-likeness (QED) is 0.488. The second kappa shape index (κ2) is 11.4. The third-order valence-electron chi connectivity index (χ3n) is 8.47. The highest BCUT2D eigenvalue weighted by Crippen LogP contribution is 2.61. The zero-order chi connectivity index (χ0) is 28.6. The van der Waals surface area contributed by atoms with Crippen LogP contribution in [0.4, 0.5) is 5.69 Å². The standard InChI is InChI=1S/C32H35N3O5S/c1-2-40-24-14-12-23(13-15-24)34-18-6-11-25-26(29(34)37)27-30(38)35(19-8-20-36)28-31(39)33(17-7-16-32(27,28)41-25)21-22-9-4-3-5-10-22/h3-7,9-16,25-28,36H,2,8,17-21H2,1H3/t25-,26+,27+,28?,32+/m1/s1. The van der Waals surface area contributed by atoms with Gasteiger partial charge in [0.2, 0.25) is 17.7 Å². The Morgan fingerprint density at radius 3 is 2.49 bits per heavy atom. The highest BCUT2D eigenvalue weighted by Gasteiger charge is 2.70. The fraction of sp³-hybridized carbons (Fsp3) is 0.406. The van der Waals surface area contributed by atoms with E-state index in [4.69, 9.17) is 4.74 Å². The molecule has 0 saturated carbocycles. The largest absolute Gasteiger partial charge is 0.494 e. The van der Waals surface area contributed by atoms with E-state index in [1.54, 1.807) is 26.5 Å². The van der Waals surface area contributed by atoms with Crippen molar-refractivity contribution in [2.45, 2.75) is 35.9 Å². The Bertz CT molecular complexity index is 1360. The van der Waals surface area contributed by atoms with Crippen LogP contribution >= 0.6 is 11.8 Å². The molecule has 0 bridgehead atoms. The van der Waals surface area contributed by atoms with Crippen molar-refractivity contribution >= 4 is 35.2 Å². The van der Waals surface area contributed by atoms with Crippen molar-refractivity contribution in [1.82, 2.24) is 9.80 Å². The number of fused-ring (bicyclic) bond motifs is 2. The van der Waals surface area contributed by atoms with Gasteiger partial charge in [-0.3, -0.25) is 14.4 Å². The summed E-state index contributed by atoms with van der Waals surface area (Å²) < 4.78 is 4.71. The van der Waals surface area contributed by atoms with Gasteiger partial charge in [0.1, 0.15) is 11.8 Å². The number of anilines is 1. The maximum Gasteiger partial charge on any atom is 0.247 e. The van der Waals surface area contributed by atoms with Gasteiger partial charge in [0, 0.05) is 43.7 Å². The summed E-state index contributed by atoms with van der Waals surface area (Å²) in [4.78, 5) is 48.0. The molecule has 2 aromatic rings. The van der Waals surface area contributed by atoms with Crippen molar-refractivity contribution in [2.24, 2.45) is 11.8 Å². The molecular weight excluding hydrogens is 538 g/mol. The molecule has 5 atom stereocenters. The first-order valence-electron chi connectivity index (χ1n) is 14.3. The van der Waals surface area contributed by atoms with E-state index in [-0.39, 0.29) is 36.1 Å². The Hall–Kier alpha value is -3.56. The second-order valence-electron chi connectivity index (χ2n) is 10.9. The van der Waals surface area contributed by atoms with E-state index in [9.17, 15) is 19.5 Å². The first-order chi connectivity index (χ1) is 20.0. The molecule has 0 aliphatic carbocycles. The zero-order valence-corrected chi connectivity index (χ0v) is 23.9. The summed E-state index contributed by atoms with van der Waals surface area (Å²) in [7, 11) is 0. The molecule has 1 unspecified atom stereocenters. The number of likely N-dealkylation sites (tertiary alicyclic amines) is 1. The Labute approximate surface area is 244 Å². The van der Waals surface area contributed by atoms with Gasteiger partial charge in [0.15, 0.2) is 0 Å². The number of aliphatic hydroxyl groups is 1. The summed E-state index contributed by atoms with van der Waals surface area (Å²) in [5, 5.41) is 9.40. The monoisotopic (exact) mass is 573 g/mol. The van der Waals surface area contributed by atoms with Crippen molar-refractivity contribution in [3.63, 3.8) is 0 Å². The van der Waals surface area contributed by atoms with Crippen molar-refractivity contribution in [3.05, 3.63) is 84.5 Å². The Morgan fingerprint density at radius 2 is 1.76 bits per heavy atom. The van der Waals surface area contributed by atoms with Crippen molar-refractivity contribution in [2.75, 3.05) is 37.7 Å². The topological polar surface area (TPSA) is 90.4 Å². The average Bonchev–Trinajstić information content (AvgIpc) is 3.30. The maximum absolute atomic E-state index is 14.3. The SMILES string of the molecule is CCOc1ccc(N2CC=C[C@H]3S[C@]45C=CCN(Cc6ccccc6)C(=O)C4N(CCCO)C(=O)[C@@H]5[C@H]3C2=O)cc1. The van der Waals surface area contributed by atoms with E-state index in [0.717, 1.165) is 17.0 Å². The van der Waals surface area contributed by atoms with Crippen molar-refractivity contribution in [1.29, 1.82) is 0 Å². The molecule has 1 spiro atoms. The summed E-state index contributed by atoms with van der Waals surface area (Å²) in [6.07, 6.45) is 8.43. The molecule has 0 radical (unpaired) electrons. The van der Waals surface area contributed by atoms with Crippen LogP contribution in [-0.4, -0.2) is 81.5 Å². The van der Waals surface area contributed by atoms with E-state index in [1.807, 2.05) is 85.8 Å². The number of carbonyl (C=O) groups excluding carboxylic acids is 3. The van der Waals surface area contributed by atoms with Gasteiger partial charge in [-0.1, -0.05) is 54.6 Å². The number of thioether (sulfide) groups is 1. The number of aliphatic hydroxyl groups excluding tert-OH is 1. The lowest BCUT2D eigenvalue weighted by Crippen LogP contribution is -2.53. The van der Waals surface area contributed by atoms with Crippen LogP contribution in [0.25, 0.3) is 0 Å². The number of nitrogens with zero attached hydrogens (tertiary/aromatic N) is 3. The number of rotatable bonds is 8. The van der Waals surface area contributed by atoms with Crippen LogP contribution in [0.15, 0.2) is 78.9 Å². The van der Waals surface area contributed by atoms with Crippen LogP contribution in [0, 0.1) is 11.8 Å². The van der Waals surface area contributed by atoms with Crippen LogP contribution in [0.2, 0.25) is 0 Å². The summed E-state index contributed by atoms with van der Waals surface area (Å²) in [6.45, 7) is 3.93. The second-order valence-corrected chi connectivity index (χ2v) is 12.3. The van der Waals surface area contributed by atoms with Crippen LogP contribution in [0.5, 0.6) is 5.75 Å². The van der Waals surface area contributed by atoms with Crippen LogP contribution < -0.4 is 9.64 Å². The van der Waals surface area contributed by atoms with Crippen molar-refractivity contribution in [3.8, 4) is 5.75 Å². The van der Waals surface area contributed by atoms with Gasteiger partial charge in [-0.2, -0.15) is 0 Å². The minimum absolute atomic E-state index is 0.0850. The normalized spacial score (nSPS) is 28.8. The van der Waals surface area contributed by atoms with Gasteiger partial charge in [-0.15, -0.1) is 11.8 Å². The molecule has 41 heavy (non-hydrogen) atoms. The Balaban J connectivity index is 1.36. The number of hydrogen-bond donors (Lipinski definition) is 1. The van der Waals surface area contributed by atoms with Gasteiger partial charge in [-0.05, 0) is 43.2 Å². The number of benzene rings is 2. The average molecular weight is 574 g/mol. The highest BCUT2D eigenvalue weighted by atomic mass is 32.2. The molecule has 4 heterocycles. The summed E-state index contributed by atoms with van der Waals surface area (Å²) in [6, 6.07) is 16.5. The Morgan fingerprint density at radius 1 is 0.976 bits per heavy atom. The third kappa shape index (κ3) is 4.75. The first-order valence-corrected chi connectivity index (χ1v) is 15.2. The first kappa shape index (κ1) is 27.6. The number of ether oxygens (including phenoxy) is 1. The van der Waals surface area contributed by atoms with Gasteiger partial charge in [0.05, 0.1) is 23.2 Å². The van der Waals surface area contributed by atoms with E-state index < -0.39 is 22.6 Å². The fourth-order valence-electron chi connectivity index (χ4n) is 6.73. The van der Waals surface area contributed by atoms with Crippen molar-refractivity contribution < 1.29 is 24.2 Å². The lowest BCUT2D eigenvalue weighted by atomic mass is 9.78. The molecule has 4 aliphatic heterocycles. The van der Waals surface area contributed by atoms with E-state index >= 15 is 0 Å². The minimum Gasteiger partial charge on any atom is -0.494 e. The fourth-order valence-corrected chi connectivity index (χ4v) is 8.74. The zero-order valence-electron chi connectivity index (χ0n) is 23.1. The van der Waals surface area contributed by atoms with E-state index in [1.165, 1.54) is 0 Å². The number of amides is 3. The lowest BCUT2D eigenvalue weighted by molar-refractivity contribution is -0.143. The van der Waals surface area contributed by atoms with E-state index in [0.29, 0.717) is 32.7 Å². The molecule has 4 aliphatic rings. The van der Waals surface area contributed by atoms with Gasteiger partial charge >= 0.3 is 0 Å². The molecule has 6 rings (SSSR count). The Kier molecular flexibility index (Phi) is 7.66. The lowest BCUT2D eigenvalue weighted by Gasteiger charge is -2.35. The molecule has 2 aromatic carbocycles. The summed E-state index contributed by atoms with van der Waals surface area (Å²) in [5.41, 5.74) is 1.76. The molecule has 2 saturated heterocycles. The maximum atomic E-state index is 14.3. The molecular formula is C32H35N3O5S.